The van der Waals surface area contributed by atoms with Gasteiger partial charge in [-0.25, -0.2) is 13.2 Å². The van der Waals surface area contributed by atoms with Crippen molar-refractivity contribution in [1.82, 2.24) is 14.2 Å². The SMILES string of the molecule is C=Cc1ccc(S(=O)(=O)N2CC3(CN(C(=O)OC(C)(C)C)C3)C2)c(C)n1. The molecule has 0 radical (unpaired) electrons. The number of hydrogen-bond donors (Lipinski definition) is 0. The molecule has 7 nitrogen and oxygen atoms in total. The zero-order chi connectivity index (χ0) is 19.3. The molecule has 8 heteroatoms. The molecule has 1 aromatic rings. The van der Waals surface area contributed by atoms with Crippen LogP contribution in [0.3, 0.4) is 0 Å². The zero-order valence-electron chi connectivity index (χ0n) is 15.7. The van der Waals surface area contributed by atoms with E-state index in [2.05, 4.69) is 11.6 Å². The summed E-state index contributed by atoms with van der Waals surface area (Å²) in [6.45, 7) is 12.7. The lowest BCUT2D eigenvalue weighted by Gasteiger charge is -2.58. The summed E-state index contributed by atoms with van der Waals surface area (Å²) in [5.74, 6) is 0. The van der Waals surface area contributed by atoms with Gasteiger partial charge in [0.25, 0.3) is 0 Å². The molecule has 1 amide bonds. The van der Waals surface area contributed by atoms with E-state index in [1.165, 1.54) is 4.31 Å². The van der Waals surface area contributed by atoms with Gasteiger partial charge in [0.1, 0.15) is 10.5 Å². The number of rotatable bonds is 3. The van der Waals surface area contributed by atoms with E-state index in [4.69, 9.17) is 4.74 Å². The van der Waals surface area contributed by atoms with E-state index in [-0.39, 0.29) is 16.4 Å². The molecule has 0 N–H and O–H groups in total. The van der Waals surface area contributed by atoms with Crippen molar-refractivity contribution in [3.05, 3.63) is 30.1 Å². The van der Waals surface area contributed by atoms with Crippen LogP contribution < -0.4 is 0 Å². The first-order chi connectivity index (χ1) is 12.0. The van der Waals surface area contributed by atoms with Crippen molar-refractivity contribution >= 4 is 22.2 Å². The van der Waals surface area contributed by atoms with Crippen LogP contribution in [-0.4, -0.2) is 60.5 Å². The highest BCUT2D eigenvalue weighted by Gasteiger charge is 2.57. The fourth-order valence-corrected chi connectivity index (χ4v) is 5.21. The highest BCUT2D eigenvalue weighted by atomic mass is 32.2. The second kappa shape index (κ2) is 6.06. The Morgan fingerprint density at radius 3 is 2.38 bits per heavy atom. The Morgan fingerprint density at radius 1 is 1.27 bits per heavy atom. The van der Waals surface area contributed by atoms with Crippen LogP contribution in [0.15, 0.2) is 23.6 Å². The quantitative estimate of drug-likeness (QED) is 0.805. The predicted molar refractivity (Wildman–Crippen MR) is 98.1 cm³/mol. The Balaban J connectivity index is 1.62. The molecule has 2 saturated heterocycles. The number of aryl methyl sites for hydroxylation is 1. The lowest BCUT2D eigenvalue weighted by molar-refractivity contribution is -0.0839. The number of amides is 1. The molecular formula is C18H25N3O4S. The van der Waals surface area contributed by atoms with Crippen LogP contribution in [0.2, 0.25) is 0 Å². The minimum atomic E-state index is -3.57. The van der Waals surface area contributed by atoms with Gasteiger partial charge in [-0.1, -0.05) is 6.58 Å². The van der Waals surface area contributed by atoms with Gasteiger partial charge in [0.15, 0.2) is 0 Å². The molecule has 2 aliphatic heterocycles. The summed E-state index contributed by atoms with van der Waals surface area (Å²) >= 11 is 0. The van der Waals surface area contributed by atoms with Crippen LogP contribution in [0.25, 0.3) is 6.08 Å². The molecule has 3 rings (SSSR count). The Kier molecular flexibility index (Phi) is 4.39. The van der Waals surface area contributed by atoms with Crippen LogP contribution in [0.4, 0.5) is 4.79 Å². The van der Waals surface area contributed by atoms with Gasteiger partial charge in [-0.2, -0.15) is 4.31 Å². The molecule has 0 atom stereocenters. The van der Waals surface area contributed by atoms with Gasteiger partial charge in [0.05, 0.1) is 11.4 Å². The summed E-state index contributed by atoms with van der Waals surface area (Å²) in [5, 5.41) is 0. The summed E-state index contributed by atoms with van der Waals surface area (Å²) in [4.78, 5) is 18.1. The number of likely N-dealkylation sites (tertiary alicyclic amines) is 1. The maximum Gasteiger partial charge on any atom is 0.410 e. The second-order valence-corrected chi connectivity index (χ2v) is 10.0. The van der Waals surface area contributed by atoms with Crippen molar-refractivity contribution < 1.29 is 17.9 Å². The summed E-state index contributed by atoms with van der Waals surface area (Å²) < 4.78 is 32.4. The average Bonchev–Trinajstić information content (AvgIpc) is 2.41. The Labute approximate surface area is 154 Å². The number of carbonyl (C=O) groups excluding carboxylic acids is 1. The average molecular weight is 379 g/mol. The Morgan fingerprint density at radius 2 is 1.88 bits per heavy atom. The number of nitrogens with zero attached hydrogens (tertiary/aromatic N) is 3. The minimum absolute atomic E-state index is 0.146. The van der Waals surface area contributed by atoms with Gasteiger partial charge in [-0.15, -0.1) is 0 Å². The van der Waals surface area contributed by atoms with Crippen molar-refractivity contribution in [1.29, 1.82) is 0 Å². The van der Waals surface area contributed by atoms with Crippen molar-refractivity contribution in [3.8, 4) is 0 Å². The molecule has 3 heterocycles. The van der Waals surface area contributed by atoms with E-state index in [1.807, 2.05) is 20.8 Å². The predicted octanol–water partition coefficient (Wildman–Crippen LogP) is 2.27. The Bertz CT molecular complexity index is 844. The fourth-order valence-electron chi connectivity index (χ4n) is 3.38. The first-order valence-corrected chi connectivity index (χ1v) is 9.98. The first kappa shape index (κ1) is 18.8. The van der Waals surface area contributed by atoms with E-state index in [0.29, 0.717) is 37.6 Å². The van der Waals surface area contributed by atoms with Crippen LogP contribution in [0.1, 0.15) is 32.2 Å². The Hall–Kier alpha value is -1.93. The van der Waals surface area contributed by atoms with E-state index in [1.54, 1.807) is 30.0 Å². The number of aromatic nitrogens is 1. The van der Waals surface area contributed by atoms with Gasteiger partial charge >= 0.3 is 6.09 Å². The van der Waals surface area contributed by atoms with Crippen LogP contribution in [0.5, 0.6) is 0 Å². The van der Waals surface area contributed by atoms with Crippen LogP contribution in [0, 0.1) is 12.3 Å². The normalized spacial score (nSPS) is 19.6. The number of carbonyl (C=O) groups is 1. The third-order valence-electron chi connectivity index (χ3n) is 4.61. The molecule has 2 aliphatic rings. The molecular weight excluding hydrogens is 354 g/mol. The van der Waals surface area contributed by atoms with Crippen LogP contribution in [-0.2, 0) is 14.8 Å². The van der Waals surface area contributed by atoms with E-state index >= 15 is 0 Å². The molecule has 2 fully saturated rings. The standard InChI is InChI=1S/C18H25N3O4S/c1-6-14-7-8-15(13(2)19-14)26(23,24)21-11-18(12-21)9-20(10-18)16(22)25-17(3,4)5/h6-8H,1,9-12H2,2-5H3. The van der Waals surface area contributed by atoms with Crippen molar-refractivity contribution in [2.24, 2.45) is 5.41 Å². The number of hydrogen-bond acceptors (Lipinski definition) is 5. The monoisotopic (exact) mass is 379 g/mol. The molecule has 0 unspecified atom stereocenters. The fraction of sp³-hybridized carbons (Fsp3) is 0.556. The highest BCUT2D eigenvalue weighted by molar-refractivity contribution is 7.89. The van der Waals surface area contributed by atoms with Crippen LogP contribution >= 0.6 is 0 Å². The molecule has 26 heavy (non-hydrogen) atoms. The van der Waals surface area contributed by atoms with Crippen molar-refractivity contribution in [2.75, 3.05) is 26.2 Å². The molecule has 142 valence electrons. The maximum atomic E-state index is 12.8. The summed E-state index contributed by atoms with van der Waals surface area (Å²) in [7, 11) is -3.57. The smallest absolute Gasteiger partial charge is 0.410 e. The van der Waals surface area contributed by atoms with Gasteiger partial charge in [0, 0.05) is 31.6 Å². The number of ether oxygens (including phenoxy) is 1. The van der Waals surface area contributed by atoms with Crippen molar-refractivity contribution in [2.45, 2.75) is 38.2 Å². The summed E-state index contributed by atoms with van der Waals surface area (Å²) in [6.07, 6.45) is 1.24. The zero-order valence-corrected chi connectivity index (χ0v) is 16.5. The molecule has 0 bridgehead atoms. The highest BCUT2D eigenvalue weighted by Crippen LogP contribution is 2.42. The van der Waals surface area contributed by atoms with Crippen molar-refractivity contribution in [3.63, 3.8) is 0 Å². The number of pyridine rings is 1. The second-order valence-electron chi connectivity index (χ2n) is 8.13. The minimum Gasteiger partial charge on any atom is -0.444 e. The largest absolute Gasteiger partial charge is 0.444 e. The molecule has 1 spiro atoms. The van der Waals surface area contributed by atoms with Gasteiger partial charge in [-0.3, -0.25) is 4.98 Å². The maximum absolute atomic E-state index is 12.8. The molecule has 1 aromatic heterocycles. The van der Waals surface area contributed by atoms with Gasteiger partial charge in [0.2, 0.25) is 10.0 Å². The topological polar surface area (TPSA) is 79.8 Å². The lowest BCUT2D eigenvalue weighted by atomic mass is 9.75. The summed E-state index contributed by atoms with van der Waals surface area (Å²) in [5.41, 5.74) is 0.435. The van der Waals surface area contributed by atoms with Gasteiger partial charge < -0.3 is 9.64 Å². The lowest BCUT2D eigenvalue weighted by Crippen LogP contribution is -2.73. The van der Waals surface area contributed by atoms with Gasteiger partial charge in [-0.05, 0) is 45.9 Å². The number of sulfonamides is 1. The van der Waals surface area contributed by atoms with E-state index in [9.17, 15) is 13.2 Å². The first-order valence-electron chi connectivity index (χ1n) is 8.54. The summed E-state index contributed by atoms with van der Waals surface area (Å²) in [6, 6.07) is 3.23. The van der Waals surface area contributed by atoms with E-state index < -0.39 is 15.6 Å². The molecule has 0 saturated carbocycles. The van der Waals surface area contributed by atoms with E-state index in [0.717, 1.165) is 0 Å². The third-order valence-corrected chi connectivity index (χ3v) is 6.54. The molecule has 0 aromatic carbocycles. The third kappa shape index (κ3) is 3.35. The molecule has 0 aliphatic carbocycles.